The number of allylic oxidation sites excluding steroid dienone is 8. The number of anilines is 2. The Kier molecular flexibility index (Phi) is 7.72. The van der Waals surface area contributed by atoms with Crippen molar-refractivity contribution in [2.75, 3.05) is 23.9 Å². The van der Waals surface area contributed by atoms with Gasteiger partial charge in [-0.25, -0.2) is 0 Å². The average molecular weight is 658 g/mol. The average Bonchev–Trinajstić information content (AvgIpc) is 3.44. The van der Waals surface area contributed by atoms with Crippen LogP contribution in [0, 0.1) is 0 Å². The lowest BCUT2D eigenvalue weighted by atomic mass is 9.80. The van der Waals surface area contributed by atoms with E-state index in [0.29, 0.717) is 0 Å². The van der Waals surface area contributed by atoms with Crippen LogP contribution >= 0.6 is 0 Å². The molecule has 0 spiro atoms. The molecule has 0 saturated heterocycles. The topological polar surface area (TPSA) is 6.48 Å². The fourth-order valence-corrected chi connectivity index (χ4v) is 9.84. The van der Waals surface area contributed by atoms with Crippen molar-refractivity contribution in [2.24, 2.45) is 0 Å². The first-order valence-electron chi connectivity index (χ1n) is 17.6. The van der Waals surface area contributed by atoms with Gasteiger partial charge in [-0.3, -0.25) is 0 Å². The predicted octanol–water partition coefficient (Wildman–Crippen LogP) is 11.3. The molecule has 2 nitrogen and oxygen atoms in total. The van der Waals surface area contributed by atoms with Crippen molar-refractivity contribution >= 4 is 49.1 Å². The van der Waals surface area contributed by atoms with Crippen molar-refractivity contribution < 1.29 is 0 Å². The molecule has 0 N–H and O–H groups in total. The Labute approximate surface area is 295 Å². The number of benzene rings is 5. The van der Waals surface area contributed by atoms with Gasteiger partial charge in [-0.05, 0) is 76.2 Å². The van der Waals surface area contributed by atoms with Crippen LogP contribution in [0.25, 0.3) is 21.5 Å². The molecule has 1 fully saturated rings. The third-order valence-corrected chi connectivity index (χ3v) is 12.3. The molecule has 8 rings (SSSR count). The van der Waals surface area contributed by atoms with Gasteiger partial charge in [0.05, 0.1) is 0 Å². The van der Waals surface area contributed by atoms with E-state index in [1.807, 2.05) is 11.4 Å². The van der Waals surface area contributed by atoms with Crippen molar-refractivity contribution in [3.63, 3.8) is 0 Å². The molecule has 2 heterocycles. The number of rotatable bonds is 3. The molecule has 3 heteroatoms. The molecule has 0 radical (unpaired) electrons. The molecule has 5 aromatic rings. The van der Waals surface area contributed by atoms with Crippen molar-refractivity contribution in [3.05, 3.63) is 161 Å². The monoisotopic (exact) mass is 657 g/mol. The van der Waals surface area contributed by atoms with Crippen LogP contribution < -0.4 is 9.80 Å². The highest BCUT2D eigenvalue weighted by molar-refractivity contribution is 7.79. The van der Waals surface area contributed by atoms with E-state index in [2.05, 4.69) is 179 Å². The standard InChI is InChI=1S/C46H45N2S/c1-45(2)40(47(5)38-27-23-31-15-10-12-21-36(31)42(38)45)29-25-33-17-14-18-34(44(33)49-35-19-8-7-9-20-35)26-30-41-46(3,4)43-37-22-13-11-16-32(37)24-28-39(43)48(41)6/h7-13,15-16,19-30H,14,17-18H2,1-6H3/q+1/b33-25+,34-26?,40-29?,41-30-. The largest absolute Gasteiger partial charge is 0.347 e. The van der Waals surface area contributed by atoms with E-state index in [4.69, 9.17) is 0 Å². The molecule has 2 aliphatic heterocycles. The smallest absolute Gasteiger partial charge is 0.237 e. The second kappa shape index (κ2) is 12.0. The highest BCUT2D eigenvalue weighted by Gasteiger charge is 2.41. The first-order chi connectivity index (χ1) is 23.7. The van der Waals surface area contributed by atoms with Gasteiger partial charge in [0.2, 0.25) is 21.1 Å². The minimum absolute atomic E-state index is 0.107. The van der Waals surface area contributed by atoms with Crippen LogP contribution in [0.5, 0.6) is 0 Å². The first kappa shape index (κ1) is 31.5. The SMILES string of the molecule is CN1C(=C/C=C2\CCCC(=C/C=C3\N(C)c4ccc5ccccc5c4C3(C)C)C2=[S+]c2ccccc2)C(C)(C)c2c1ccc1ccccc21. The summed E-state index contributed by atoms with van der Waals surface area (Å²) in [4.78, 5) is 7.50. The maximum atomic E-state index is 2.43. The molecule has 49 heavy (non-hydrogen) atoms. The summed E-state index contributed by atoms with van der Waals surface area (Å²) in [6.45, 7) is 9.54. The maximum absolute atomic E-state index is 2.43. The summed E-state index contributed by atoms with van der Waals surface area (Å²) in [5, 5.41) is 5.32. The number of fused-ring (bicyclic) bond motifs is 6. The van der Waals surface area contributed by atoms with E-state index in [9.17, 15) is 0 Å². The number of nitrogens with zero attached hydrogens (tertiary/aromatic N) is 2. The lowest BCUT2D eigenvalue weighted by Crippen LogP contribution is -2.23. The first-order valence-corrected chi connectivity index (χ1v) is 18.4. The molecule has 1 aliphatic carbocycles. The van der Waals surface area contributed by atoms with E-state index in [-0.39, 0.29) is 10.8 Å². The van der Waals surface area contributed by atoms with Gasteiger partial charge in [0.15, 0.2) is 0 Å². The summed E-state index contributed by atoms with van der Waals surface area (Å²) < 4.78 is 0. The number of hydrogen-bond donors (Lipinski definition) is 0. The van der Waals surface area contributed by atoms with Crippen LogP contribution in [0.4, 0.5) is 11.4 Å². The summed E-state index contributed by atoms with van der Waals surface area (Å²) in [5.74, 6) is 0. The fraction of sp³-hybridized carbons (Fsp3) is 0.239. The van der Waals surface area contributed by atoms with Crippen LogP contribution in [-0.4, -0.2) is 19.0 Å². The van der Waals surface area contributed by atoms with Crippen LogP contribution in [-0.2, 0) is 22.2 Å². The van der Waals surface area contributed by atoms with E-state index in [1.54, 1.807) is 0 Å². The molecule has 1 saturated carbocycles. The molecule has 0 atom stereocenters. The Hall–Kier alpha value is -4.73. The van der Waals surface area contributed by atoms with Crippen LogP contribution in [0.1, 0.15) is 58.1 Å². The Balaban J connectivity index is 1.21. The van der Waals surface area contributed by atoms with Crippen LogP contribution in [0.15, 0.2) is 155 Å². The molecule has 0 bridgehead atoms. The van der Waals surface area contributed by atoms with Gasteiger partial charge in [0.25, 0.3) is 0 Å². The fourth-order valence-electron chi connectivity index (χ4n) is 8.70. The Bertz CT molecular complexity index is 2140. The molecule has 3 aliphatic rings. The lowest BCUT2D eigenvalue weighted by molar-refractivity contribution is 0.645. The highest BCUT2D eigenvalue weighted by Crippen LogP contribution is 2.51. The third-order valence-electron chi connectivity index (χ3n) is 11.1. The van der Waals surface area contributed by atoms with Crippen molar-refractivity contribution in [1.82, 2.24) is 0 Å². The van der Waals surface area contributed by atoms with Gasteiger partial charge in [-0.2, -0.15) is 0 Å². The Morgan fingerprint density at radius 3 is 1.47 bits per heavy atom. The van der Waals surface area contributed by atoms with Gasteiger partial charge in [-0.1, -0.05) is 119 Å². The zero-order valence-electron chi connectivity index (χ0n) is 29.5. The van der Waals surface area contributed by atoms with Crippen molar-refractivity contribution in [3.8, 4) is 0 Å². The zero-order valence-corrected chi connectivity index (χ0v) is 30.4. The number of likely N-dealkylation sites (N-methyl/N-ethyl adjacent to an activating group) is 2. The molecule has 244 valence electrons. The zero-order chi connectivity index (χ0) is 33.9. The minimum atomic E-state index is -0.107. The van der Waals surface area contributed by atoms with E-state index in [0.717, 1.165) is 19.3 Å². The van der Waals surface area contributed by atoms with Gasteiger partial charge < -0.3 is 9.80 Å². The Morgan fingerprint density at radius 2 is 0.980 bits per heavy atom. The molecular formula is C46H45N2S+. The predicted molar refractivity (Wildman–Crippen MR) is 214 cm³/mol. The summed E-state index contributed by atoms with van der Waals surface area (Å²) >= 11 is 1.92. The maximum Gasteiger partial charge on any atom is 0.237 e. The Morgan fingerprint density at radius 1 is 0.531 bits per heavy atom. The highest BCUT2D eigenvalue weighted by atomic mass is 32.1. The van der Waals surface area contributed by atoms with Gasteiger partial charge in [0, 0.05) is 71.0 Å². The van der Waals surface area contributed by atoms with Gasteiger partial charge in [-0.15, -0.1) is 0 Å². The normalized spacial score (nSPS) is 22.3. The molecule has 5 aromatic carbocycles. The van der Waals surface area contributed by atoms with Crippen molar-refractivity contribution in [1.29, 1.82) is 0 Å². The van der Waals surface area contributed by atoms with E-state index in [1.165, 1.54) is 76.3 Å². The molecular weight excluding hydrogens is 613 g/mol. The van der Waals surface area contributed by atoms with Gasteiger partial charge in [0.1, 0.15) is 0 Å². The lowest BCUT2D eigenvalue weighted by Gasteiger charge is -2.25. The summed E-state index contributed by atoms with van der Waals surface area (Å²) in [6.07, 6.45) is 13.0. The third kappa shape index (κ3) is 5.18. The quantitative estimate of drug-likeness (QED) is 0.108. The second-order valence-electron chi connectivity index (χ2n) is 14.8. The van der Waals surface area contributed by atoms with Gasteiger partial charge >= 0.3 is 0 Å². The molecule has 0 unspecified atom stereocenters. The molecule has 0 aromatic heterocycles. The molecule has 0 amide bonds. The summed E-state index contributed by atoms with van der Waals surface area (Å²) in [5.41, 5.74) is 10.8. The van der Waals surface area contributed by atoms with E-state index < -0.39 is 0 Å². The number of hydrogen-bond acceptors (Lipinski definition) is 2. The van der Waals surface area contributed by atoms with Crippen molar-refractivity contribution in [2.45, 2.75) is 62.7 Å². The van der Waals surface area contributed by atoms with E-state index >= 15 is 0 Å². The van der Waals surface area contributed by atoms with Crippen LogP contribution in [0.2, 0.25) is 0 Å². The minimum Gasteiger partial charge on any atom is -0.347 e. The van der Waals surface area contributed by atoms with Crippen LogP contribution in [0.3, 0.4) is 0 Å². The summed E-state index contributed by atoms with van der Waals surface area (Å²) in [6, 6.07) is 37.7. The second-order valence-corrected chi connectivity index (χ2v) is 15.9. The summed E-state index contributed by atoms with van der Waals surface area (Å²) in [7, 11) is 4.46.